The molecular formula is C78H137F6Fe2N11O15. The number of ether oxygens (including phenoxy) is 8. The summed E-state index contributed by atoms with van der Waals surface area (Å²) in [6, 6.07) is 9.95. The van der Waals surface area contributed by atoms with Crippen molar-refractivity contribution in [1.82, 2.24) is 52.2 Å². The van der Waals surface area contributed by atoms with Crippen LogP contribution < -0.4 is 43.0 Å². The van der Waals surface area contributed by atoms with Gasteiger partial charge in [0, 0.05) is 77.1 Å². The van der Waals surface area contributed by atoms with Gasteiger partial charge < -0.3 is 125 Å². The third kappa shape index (κ3) is 57.0. The van der Waals surface area contributed by atoms with Crippen molar-refractivity contribution >= 4 is 35.5 Å². The average Bonchev–Trinajstić information content (AvgIpc) is 1.64. The minimum absolute atomic E-state index is 0. The van der Waals surface area contributed by atoms with Crippen molar-refractivity contribution in [3.63, 3.8) is 0 Å². The topological polar surface area (TPSA) is 331 Å². The summed E-state index contributed by atoms with van der Waals surface area (Å²) in [6.45, 7) is 16.3. The molecule has 5 aliphatic rings. The number of nitrogens with one attached hydrogen (secondary N) is 9. The number of H-pyrrole nitrogens is 2. The van der Waals surface area contributed by atoms with Gasteiger partial charge in [-0.1, -0.05) is 83.4 Å². The number of alkyl halides is 6. The summed E-state index contributed by atoms with van der Waals surface area (Å²) in [4.78, 5) is 78.8. The summed E-state index contributed by atoms with van der Waals surface area (Å²) in [5.41, 5.74) is 7.48. The number of fused-ring (bicyclic) bond motifs is 1. The van der Waals surface area contributed by atoms with Crippen molar-refractivity contribution in [2.75, 3.05) is 184 Å². The van der Waals surface area contributed by atoms with Gasteiger partial charge in [0.25, 0.3) is 11.8 Å². The normalized spacial score (nSPS) is 14.4. The predicted octanol–water partition coefficient (Wildman–Crippen LogP) is 9.58. The number of benzene rings is 1. The summed E-state index contributed by atoms with van der Waals surface area (Å²) in [5.74, 6) is -2.39. The van der Waals surface area contributed by atoms with Gasteiger partial charge in [-0.3, -0.25) is 24.0 Å². The Hall–Kier alpha value is -5.10. The first kappa shape index (κ1) is 115. The molecule has 34 heteroatoms. The van der Waals surface area contributed by atoms with Crippen LogP contribution >= 0.6 is 0 Å². The largest absolute Gasteiger partial charge is 2.00 e. The third-order valence-electron chi connectivity index (χ3n) is 17.2. The second-order valence-electron chi connectivity index (χ2n) is 25.7. The second-order valence-corrected chi connectivity index (χ2v) is 25.7. The Balaban J connectivity index is -0.000000420. The second kappa shape index (κ2) is 73.5. The molecule has 0 atom stereocenters. The standard InChI is InChI=1S/C18H31N3O3.2C14H25F3N2O3.C14H10N2O4.C12H26N2O2.2CH4.4CH3.2Fe/c22-18(13-17-5-6-19-15-17)21-8-10-24-12-11-23-9-7-20-14-16-3-1-2-4-16;2*15-14(16,17)13(20)19-6-8-22-10-9-21-7-5-18-11-12-3-1-2-4-12;17-12(7-9-5-6-15-8-9)20-16-13(18)10-3-1-2-4-11(10)14(16)19;13-5-7-15-9-10-16-8-6-14-11-12-3-1-2-4-12;;;;;;;;/h5-6,15-16,19-20H,1-4,7-14H2,(H,21,22);2*12,18H,1-11H2,(H,19,20);1-6,8,15H,7H2;12,14H,1-11,13H2;2*1H4;4*1H3;;/q;;;;;;;4*-1;2*+2. The van der Waals surface area contributed by atoms with Crippen LogP contribution in [-0.4, -0.2) is 247 Å². The first-order valence-electron chi connectivity index (χ1n) is 37.0. The number of hydrogen-bond acceptors (Lipinski definition) is 20. The number of carbonyl (C=O) groups is 6. The van der Waals surface area contributed by atoms with E-state index < -0.39 is 42.0 Å². The molecule has 0 saturated heterocycles. The summed E-state index contributed by atoms with van der Waals surface area (Å²) in [7, 11) is 0. The van der Waals surface area contributed by atoms with Gasteiger partial charge in [0.15, 0.2) is 0 Å². The molecule has 652 valence electrons. The fraction of sp³-hybridized carbons (Fsp3) is 0.692. The van der Waals surface area contributed by atoms with Crippen molar-refractivity contribution in [1.29, 1.82) is 0 Å². The van der Waals surface area contributed by atoms with E-state index in [9.17, 15) is 55.1 Å². The zero-order valence-electron chi connectivity index (χ0n) is 65.2. The molecule has 2 aromatic heterocycles. The molecule has 3 heterocycles. The van der Waals surface area contributed by atoms with E-state index in [1.54, 1.807) is 41.2 Å². The maximum Gasteiger partial charge on any atom is 2.00 e. The number of imide groups is 1. The van der Waals surface area contributed by atoms with E-state index >= 15 is 0 Å². The van der Waals surface area contributed by atoms with E-state index in [2.05, 4.69) is 36.6 Å². The quantitative estimate of drug-likeness (QED) is 0.00826. The van der Waals surface area contributed by atoms with E-state index in [0.29, 0.717) is 109 Å². The first-order chi connectivity index (χ1) is 50.4. The number of aromatic nitrogens is 2. The smallest absolute Gasteiger partial charge is 0.378 e. The van der Waals surface area contributed by atoms with Crippen LogP contribution in [0.15, 0.2) is 61.2 Å². The summed E-state index contributed by atoms with van der Waals surface area (Å²) in [5, 5.41) is 20.4. The molecule has 0 radical (unpaired) electrons. The molecule has 1 aromatic carbocycles. The van der Waals surface area contributed by atoms with Gasteiger partial charge >= 0.3 is 64.3 Å². The number of halogens is 6. The zero-order valence-corrected chi connectivity index (χ0v) is 67.4. The number of carbonyl (C=O) groups excluding carboxylic acids is 6. The minimum atomic E-state index is -4.84. The van der Waals surface area contributed by atoms with E-state index in [-0.39, 0.29) is 128 Å². The summed E-state index contributed by atoms with van der Waals surface area (Å²) >= 11 is 0. The number of nitrogens with two attached hydrogens (primary N) is 1. The monoisotopic (exact) mass is 1690 g/mol. The molecule has 112 heavy (non-hydrogen) atoms. The van der Waals surface area contributed by atoms with Crippen molar-refractivity contribution in [2.24, 2.45) is 29.4 Å². The van der Waals surface area contributed by atoms with Crippen LogP contribution in [-0.2, 0) is 109 Å². The predicted molar refractivity (Wildman–Crippen MR) is 417 cm³/mol. The molecule has 3 aromatic rings. The molecule has 8 rings (SSSR count). The van der Waals surface area contributed by atoms with Crippen molar-refractivity contribution in [3.8, 4) is 0 Å². The number of amides is 5. The molecule has 0 bridgehead atoms. The SMILES string of the molecule is C.C.NCCOCCOCCNCC1CCCC1.O=C(Cc1cc[nH]c1)NCCOCCOCCNCC1CCCC1.O=C(Cc1cc[nH]c1)ON1C(=O)c2ccccc2C1=O.O=C(NCCOCCOCCNCC1CCCC1)C(F)(F)F.O=C(NCCOCCOCCNCC1CCCC1)C(F)(F)F.[CH3-].[CH3-].[CH3-].[CH3-].[Fe+2].[Fe+2]. The number of nitrogens with zero attached hydrogens (tertiary/aromatic N) is 1. The Labute approximate surface area is 685 Å². The molecule has 4 aliphatic carbocycles. The fourth-order valence-corrected chi connectivity index (χ4v) is 11.7. The maximum atomic E-state index is 12.0. The van der Waals surface area contributed by atoms with Gasteiger partial charge in [-0.2, -0.15) is 26.3 Å². The summed E-state index contributed by atoms with van der Waals surface area (Å²) < 4.78 is 113. The van der Waals surface area contributed by atoms with Crippen LogP contribution in [0.2, 0.25) is 0 Å². The number of hydroxylamine groups is 2. The van der Waals surface area contributed by atoms with E-state index in [1.165, 1.54) is 115 Å². The van der Waals surface area contributed by atoms with Gasteiger partial charge in [0.1, 0.15) is 0 Å². The van der Waals surface area contributed by atoms with Crippen LogP contribution in [0.5, 0.6) is 0 Å². The van der Waals surface area contributed by atoms with Crippen LogP contribution in [0.4, 0.5) is 26.3 Å². The number of aromatic amines is 2. The van der Waals surface area contributed by atoms with Crippen LogP contribution in [0, 0.1) is 53.4 Å². The van der Waals surface area contributed by atoms with Gasteiger partial charge in [-0.05, 0) is 137 Å². The number of rotatable bonds is 48. The zero-order chi connectivity index (χ0) is 75.0. The Bertz CT molecular complexity index is 2610. The Morgan fingerprint density at radius 1 is 0.411 bits per heavy atom. The van der Waals surface area contributed by atoms with Crippen LogP contribution in [0.25, 0.3) is 0 Å². The van der Waals surface area contributed by atoms with Crippen LogP contribution in [0.3, 0.4) is 0 Å². The summed E-state index contributed by atoms with van der Waals surface area (Å²) in [6.07, 6.45) is 19.5. The first-order valence-corrected chi connectivity index (χ1v) is 37.0. The van der Waals surface area contributed by atoms with Crippen LogP contribution in [0.1, 0.15) is 149 Å². The van der Waals surface area contributed by atoms with Gasteiger partial charge in [-0.25, -0.2) is 4.79 Å². The molecule has 26 nitrogen and oxygen atoms in total. The Morgan fingerprint density at radius 3 is 0.964 bits per heavy atom. The number of hydrogen-bond donors (Lipinski definition) is 10. The van der Waals surface area contributed by atoms with E-state index in [1.807, 2.05) is 18.5 Å². The Morgan fingerprint density at radius 2 is 0.688 bits per heavy atom. The molecular weight excluding hydrogens is 1560 g/mol. The molecule has 5 amide bonds. The molecule has 11 N–H and O–H groups in total. The fourth-order valence-electron chi connectivity index (χ4n) is 11.7. The average molecular weight is 1690 g/mol. The third-order valence-corrected chi connectivity index (χ3v) is 17.2. The van der Waals surface area contributed by atoms with Crippen molar-refractivity contribution in [2.45, 2.75) is 143 Å². The van der Waals surface area contributed by atoms with Crippen molar-refractivity contribution < 1.29 is 132 Å². The van der Waals surface area contributed by atoms with E-state index in [4.69, 9.17) is 48.5 Å². The molecule has 0 spiro atoms. The van der Waals surface area contributed by atoms with Gasteiger partial charge in [0.05, 0.1) is 130 Å². The Kier molecular flexibility index (Phi) is 75.8. The maximum absolute atomic E-state index is 12.0. The van der Waals surface area contributed by atoms with Crippen molar-refractivity contribution in [3.05, 3.63) is 113 Å². The van der Waals surface area contributed by atoms with E-state index in [0.717, 1.165) is 94.8 Å². The van der Waals surface area contributed by atoms with Gasteiger partial charge in [0.2, 0.25) is 5.91 Å². The molecule has 1 aliphatic heterocycles. The van der Waals surface area contributed by atoms with Gasteiger partial charge in [-0.15, -0.1) is 0 Å². The molecule has 0 unspecified atom stereocenters. The minimum Gasteiger partial charge on any atom is -0.378 e. The molecule has 4 saturated carbocycles. The molecule has 4 fully saturated rings.